The Morgan fingerprint density at radius 3 is 2.89 bits per heavy atom. The van der Waals surface area contributed by atoms with Crippen molar-refractivity contribution in [2.75, 3.05) is 0 Å². The number of ether oxygens (including phenoxy) is 1. The Morgan fingerprint density at radius 1 is 1.61 bits per heavy atom. The second kappa shape index (κ2) is 5.54. The zero-order valence-corrected chi connectivity index (χ0v) is 12.1. The summed E-state index contributed by atoms with van der Waals surface area (Å²) in [6, 6.07) is 0. The second-order valence-electron chi connectivity index (χ2n) is 4.27. The third-order valence-electron chi connectivity index (χ3n) is 3.09. The van der Waals surface area contributed by atoms with E-state index in [2.05, 4.69) is 27.6 Å². The van der Waals surface area contributed by atoms with Gasteiger partial charge in [-0.25, -0.2) is 4.79 Å². The number of nitrogens with one attached hydrogen (secondary N) is 1. The summed E-state index contributed by atoms with van der Waals surface area (Å²) in [5.74, 6) is 0. The Bertz CT molecular complexity index is 539. The van der Waals surface area contributed by atoms with Gasteiger partial charge in [0.1, 0.15) is 6.23 Å². The van der Waals surface area contributed by atoms with Gasteiger partial charge in [0.2, 0.25) is 0 Å². The molecule has 1 aromatic heterocycles. The van der Waals surface area contributed by atoms with E-state index in [0.29, 0.717) is 3.92 Å². The Hall–Kier alpha value is -0.670. The molecule has 0 aliphatic carbocycles. The molecular formula is C11H15IN2O4. The van der Waals surface area contributed by atoms with Crippen LogP contribution in [0.25, 0.3) is 0 Å². The van der Waals surface area contributed by atoms with Gasteiger partial charge < -0.3 is 9.84 Å². The molecule has 0 aromatic carbocycles. The van der Waals surface area contributed by atoms with Crippen molar-refractivity contribution in [1.82, 2.24) is 9.55 Å². The fraction of sp³-hybridized carbons (Fsp3) is 0.636. The number of aliphatic hydroxyl groups excluding tert-OH is 1. The number of halogens is 1. The third kappa shape index (κ3) is 2.52. The van der Waals surface area contributed by atoms with Gasteiger partial charge in [0.05, 0.1) is 18.3 Å². The van der Waals surface area contributed by atoms with Crippen molar-refractivity contribution in [3.05, 3.63) is 32.6 Å². The molecule has 18 heavy (non-hydrogen) atoms. The molecule has 2 heterocycles. The summed E-state index contributed by atoms with van der Waals surface area (Å²) in [5.41, 5.74) is -0.875. The number of hydrogen-bond acceptors (Lipinski definition) is 4. The Balaban J connectivity index is 2.35. The monoisotopic (exact) mass is 366 g/mol. The lowest BCUT2D eigenvalue weighted by molar-refractivity contribution is -0.00112. The predicted molar refractivity (Wildman–Crippen MR) is 73.9 cm³/mol. The molecule has 100 valence electrons. The highest BCUT2D eigenvalue weighted by atomic mass is 127. The van der Waals surface area contributed by atoms with Crippen molar-refractivity contribution in [2.45, 2.75) is 42.6 Å². The number of aromatic amines is 1. The number of aromatic nitrogens is 2. The van der Waals surface area contributed by atoms with Gasteiger partial charge in [0.15, 0.2) is 0 Å². The first-order chi connectivity index (χ1) is 8.56. The molecule has 0 radical (unpaired) electrons. The van der Waals surface area contributed by atoms with E-state index in [1.54, 1.807) is 0 Å². The van der Waals surface area contributed by atoms with E-state index < -0.39 is 17.9 Å². The first-order valence-electron chi connectivity index (χ1n) is 5.81. The summed E-state index contributed by atoms with van der Waals surface area (Å²) in [5, 5.41) is 9.05. The van der Waals surface area contributed by atoms with Gasteiger partial charge in [-0.3, -0.25) is 14.3 Å². The van der Waals surface area contributed by atoms with Crippen molar-refractivity contribution in [1.29, 1.82) is 0 Å². The molecule has 1 aliphatic heterocycles. The fourth-order valence-electron chi connectivity index (χ4n) is 2.07. The first kappa shape index (κ1) is 13.8. The second-order valence-corrected chi connectivity index (χ2v) is 5.87. The molecule has 6 nitrogen and oxygen atoms in total. The number of hydrogen-bond donors (Lipinski definition) is 2. The molecule has 1 fully saturated rings. The number of nitrogens with zero attached hydrogens (tertiary/aromatic N) is 1. The molecule has 2 N–H and O–H groups in total. The summed E-state index contributed by atoms with van der Waals surface area (Å²) < 4.78 is 7.48. The maximum atomic E-state index is 11.7. The standard InChI is InChI=1S/C11H15IN2O4/c1-2-8-7(12)3-9(18-8)14-4-6(5-15)10(16)13-11(14)17/h4,7-9,15H,2-3,5H2,1H3,(H,13,16,17)/t7?,8-,9-/m1/s1. The zero-order chi connectivity index (χ0) is 13.3. The highest BCUT2D eigenvalue weighted by Crippen LogP contribution is 2.34. The zero-order valence-electron chi connectivity index (χ0n) is 9.93. The molecule has 1 aliphatic rings. The third-order valence-corrected chi connectivity index (χ3v) is 4.40. The van der Waals surface area contributed by atoms with Gasteiger partial charge in [-0.15, -0.1) is 0 Å². The largest absolute Gasteiger partial charge is 0.391 e. The summed E-state index contributed by atoms with van der Waals surface area (Å²) in [6.07, 6.45) is 2.73. The minimum Gasteiger partial charge on any atom is -0.391 e. The summed E-state index contributed by atoms with van der Waals surface area (Å²) in [6.45, 7) is 1.64. The van der Waals surface area contributed by atoms with Crippen LogP contribution in [0.15, 0.2) is 15.8 Å². The van der Waals surface area contributed by atoms with Gasteiger partial charge >= 0.3 is 5.69 Å². The van der Waals surface area contributed by atoms with Gasteiger partial charge in [-0.05, 0) is 6.42 Å². The topological polar surface area (TPSA) is 84.3 Å². The molecule has 7 heteroatoms. The van der Waals surface area contributed by atoms with Crippen LogP contribution in [0.5, 0.6) is 0 Å². The van der Waals surface area contributed by atoms with E-state index in [4.69, 9.17) is 9.84 Å². The van der Waals surface area contributed by atoms with Crippen LogP contribution in [0.4, 0.5) is 0 Å². The number of aliphatic hydroxyl groups is 1. The van der Waals surface area contributed by atoms with Crippen LogP contribution >= 0.6 is 22.6 Å². The first-order valence-corrected chi connectivity index (χ1v) is 7.06. The number of H-pyrrole nitrogens is 1. The summed E-state index contributed by atoms with van der Waals surface area (Å²) >= 11 is 2.31. The molecule has 2 rings (SSSR count). The van der Waals surface area contributed by atoms with Gasteiger partial charge in [0, 0.05) is 16.5 Å². The summed E-state index contributed by atoms with van der Waals surface area (Å²) in [4.78, 5) is 25.3. The lowest BCUT2D eigenvalue weighted by Crippen LogP contribution is -2.34. The molecule has 0 amide bonds. The van der Waals surface area contributed by atoms with E-state index in [9.17, 15) is 9.59 Å². The molecule has 1 saturated heterocycles. The van der Waals surface area contributed by atoms with E-state index in [1.165, 1.54) is 10.8 Å². The number of rotatable bonds is 3. The highest BCUT2D eigenvalue weighted by molar-refractivity contribution is 14.1. The van der Waals surface area contributed by atoms with Crippen molar-refractivity contribution >= 4 is 22.6 Å². The van der Waals surface area contributed by atoms with E-state index in [1.807, 2.05) is 6.92 Å². The van der Waals surface area contributed by atoms with Crippen molar-refractivity contribution < 1.29 is 9.84 Å². The molecule has 1 aromatic rings. The molecule has 3 atom stereocenters. The van der Waals surface area contributed by atoms with Crippen LogP contribution in [-0.4, -0.2) is 24.7 Å². The molecule has 0 saturated carbocycles. The average molecular weight is 366 g/mol. The molecule has 0 spiro atoms. The van der Waals surface area contributed by atoms with Gasteiger partial charge in [-0.1, -0.05) is 29.5 Å². The predicted octanol–water partition coefficient (Wildman–Crippen LogP) is 0.530. The molecule has 0 bridgehead atoms. The lowest BCUT2D eigenvalue weighted by atomic mass is 10.2. The van der Waals surface area contributed by atoms with Crippen LogP contribution in [0, 0.1) is 0 Å². The van der Waals surface area contributed by atoms with Crippen LogP contribution in [0.2, 0.25) is 0 Å². The maximum Gasteiger partial charge on any atom is 0.330 e. The van der Waals surface area contributed by atoms with E-state index >= 15 is 0 Å². The van der Waals surface area contributed by atoms with Crippen LogP contribution < -0.4 is 11.2 Å². The quantitative estimate of drug-likeness (QED) is 0.604. The Morgan fingerprint density at radius 2 is 2.33 bits per heavy atom. The normalized spacial score (nSPS) is 27.6. The van der Waals surface area contributed by atoms with Crippen molar-refractivity contribution in [2.24, 2.45) is 0 Å². The van der Waals surface area contributed by atoms with Gasteiger partial charge in [0.25, 0.3) is 5.56 Å². The lowest BCUT2D eigenvalue weighted by Gasteiger charge is -2.15. The van der Waals surface area contributed by atoms with Crippen molar-refractivity contribution in [3.63, 3.8) is 0 Å². The number of alkyl halides is 1. The van der Waals surface area contributed by atoms with E-state index in [0.717, 1.165) is 12.8 Å². The highest BCUT2D eigenvalue weighted by Gasteiger charge is 2.33. The van der Waals surface area contributed by atoms with Crippen molar-refractivity contribution in [3.8, 4) is 0 Å². The minimum absolute atomic E-state index is 0.118. The van der Waals surface area contributed by atoms with Gasteiger partial charge in [-0.2, -0.15) is 0 Å². The molecule has 1 unspecified atom stereocenters. The molecular weight excluding hydrogens is 351 g/mol. The minimum atomic E-state index is -0.546. The van der Waals surface area contributed by atoms with E-state index in [-0.39, 0.29) is 17.9 Å². The van der Waals surface area contributed by atoms with Crippen LogP contribution in [-0.2, 0) is 11.3 Å². The Kier molecular flexibility index (Phi) is 4.23. The SMILES string of the molecule is CC[C@H]1O[C@@H](n2cc(CO)c(=O)[nH]c2=O)CC1I. The van der Waals surface area contributed by atoms with Crippen LogP contribution in [0.3, 0.4) is 0 Å². The smallest absolute Gasteiger partial charge is 0.330 e. The fourth-order valence-corrected chi connectivity index (χ4v) is 3.18. The average Bonchev–Trinajstić information content (AvgIpc) is 2.70. The maximum absolute atomic E-state index is 11.7. The van der Waals surface area contributed by atoms with Crippen LogP contribution in [0.1, 0.15) is 31.6 Å². The Labute approximate surface area is 117 Å². The summed E-state index contributed by atoms with van der Waals surface area (Å²) in [7, 11) is 0.